The first-order valence-electron chi connectivity index (χ1n) is 11.3. The second kappa shape index (κ2) is 10.9. The lowest BCUT2D eigenvalue weighted by atomic mass is 9.95. The molecule has 2 aliphatic rings. The van der Waals surface area contributed by atoms with E-state index in [1.54, 1.807) is 5.57 Å². The number of esters is 1. The Morgan fingerprint density at radius 3 is 2.44 bits per heavy atom. The monoisotopic (exact) mass is 516 g/mol. The van der Waals surface area contributed by atoms with Crippen molar-refractivity contribution >= 4 is 44.8 Å². The van der Waals surface area contributed by atoms with E-state index in [1.807, 2.05) is 36.4 Å². The predicted octanol–water partition coefficient (Wildman–Crippen LogP) is 6.39. The van der Waals surface area contributed by atoms with Crippen LogP contribution in [0.25, 0.3) is 5.57 Å². The van der Waals surface area contributed by atoms with Gasteiger partial charge in [-0.15, -0.1) is 0 Å². The molecule has 1 fully saturated rings. The molecule has 1 heterocycles. The average molecular weight is 518 g/mol. The van der Waals surface area contributed by atoms with Crippen molar-refractivity contribution in [2.24, 2.45) is 0 Å². The SMILES string of the molecule is COC(=O)c1ccc(N2CCN(CC3=C(c4ccc(Cl)cc4)CCCCC3)C[C@@H]2Br)cc1. The Morgan fingerprint density at radius 1 is 1.03 bits per heavy atom. The molecular weight excluding hydrogens is 488 g/mol. The molecule has 0 radical (unpaired) electrons. The van der Waals surface area contributed by atoms with Crippen LogP contribution in [0.3, 0.4) is 0 Å². The molecule has 1 aliphatic heterocycles. The van der Waals surface area contributed by atoms with E-state index in [9.17, 15) is 4.79 Å². The number of hydrogen-bond acceptors (Lipinski definition) is 4. The van der Waals surface area contributed by atoms with Crippen LogP contribution in [0.5, 0.6) is 0 Å². The van der Waals surface area contributed by atoms with Gasteiger partial charge in [-0.25, -0.2) is 4.79 Å². The van der Waals surface area contributed by atoms with Crippen molar-refractivity contribution in [2.75, 3.05) is 38.2 Å². The van der Waals surface area contributed by atoms with Crippen LogP contribution in [0.1, 0.15) is 48.0 Å². The first-order valence-corrected chi connectivity index (χ1v) is 12.6. The molecule has 0 spiro atoms. The normalized spacial score (nSPS) is 20.2. The lowest BCUT2D eigenvalue weighted by molar-refractivity contribution is 0.0601. The topological polar surface area (TPSA) is 32.8 Å². The van der Waals surface area contributed by atoms with Crippen LogP contribution >= 0.6 is 27.5 Å². The Bertz CT molecular complexity index is 959. The number of carbonyl (C=O) groups is 1. The second-order valence-corrected chi connectivity index (χ2v) is 10.0. The van der Waals surface area contributed by atoms with Crippen LogP contribution in [-0.4, -0.2) is 49.1 Å². The Kier molecular flexibility index (Phi) is 7.93. The molecule has 2 aromatic carbocycles. The molecule has 1 aliphatic carbocycles. The lowest BCUT2D eigenvalue weighted by Gasteiger charge is -2.40. The van der Waals surface area contributed by atoms with Crippen LogP contribution in [-0.2, 0) is 4.74 Å². The molecule has 1 saturated heterocycles. The summed E-state index contributed by atoms with van der Waals surface area (Å²) in [6, 6.07) is 16.0. The molecule has 0 N–H and O–H groups in total. The number of nitrogens with zero attached hydrogens (tertiary/aromatic N) is 2. The summed E-state index contributed by atoms with van der Waals surface area (Å²) in [4.78, 5) is 16.9. The predicted molar refractivity (Wildman–Crippen MR) is 136 cm³/mol. The van der Waals surface area contributed by atoms with Crippen molar-refractivity contribution in [3.8, 4) is 0 Å². The van der Waals surface area contributed by atoms with Crippen molar-refractivity contribution in [1.82, 2.24) is 4.90 Å². The molecule has 4 rings (SSSR count). The van der Waals surface area contributed by atoms with Crippen molar-refractivity contribution in [2.45, 2.75) is 37.1 Å². The van der Waals surface area contributed by atoms with Gasteiger partial charge in [0, 0.05) is 36.9 Å². The zero-order valence-electron chi connectivity index (χ0n) is 18.5. The number of methoxy groups -OCH3 is 1. The largest absolute Gasteiger partial charge is 0.465 e. The number of halogens is 2. The minimum absolute atomic E-state index is 0.227. The minimum atomic E-state index is -0.301. The zero-order valence-corrected chi connectivity index (χ0v) is 20.9. The summed E-state index contributed by atoms with van der Waals surface area (Å²) in [5, 5.41) is 0.794. The number of benzene rings is 2. The molecule has 1 atom stereocenters. The van der Waals surface area contributed by atoms with E-state index < -0.39 is 0 Å². The van der Waals surface area contributed by atoms with Gasteiger partial charge in [-0.2, -0.15) is 0 Å². The quantitative estimate of drug-likeness (QED) is 0.261. The number of rotatable bonds is 5. The molecule has 0 amide bonds. The van der Waals surface area contributed by atoms with Gasteiger partial charge in [0.1, 0.15) is 0 Å². The third kappa shape index (κ3) is 5.56. The second-order valence-electron chi connectivity index (χ2n) is 8.55. The summed E-state index contributed by atoms with van der Waals surface area (Å²) in [5.41, 5.74) is 6.13. The molecule has 32 heavy (non-hydrogen) atoms. The van der Waals surface area contributed by atoms with Gasteiger partial charge in [-0.1, -0.05) is 51.7 Å². The highest BCUT2D eigenvalue weighted by Gasteiger charge is 2.26. The number of carbonyl (C=O) groups excluding carboxylic acids is 1. The summed E-state index contributed by atoms with van der Waals surface area (Å²) in [6.07, 6.45) is 6.17. The highest BCUT2D eigenvalue weighted by atomic mass is 79.9. The van der Waals surface area contributed by atoms with E-state index in [4.69, 9.17) is 16.3 Å². The van der Waals surface area contributed by atoms with E-state index in [0.717, 1.165) is 43.3 Å². The first kappa shape index (κ1) is 23.3. The van der Waals surface area contributed by atoms with E-state index in [1.165, 1.54) is 43.9 Å². The molecule has 0 saturated carbocycles. The van der Waals surface area contributed by atoms with E-state index in [2.05, 4.69) is 37.9 Å². The maximum absolute atomic E-state index is 11.7. The molecule has 0 aromatic heterocycles. The summed E-state index contributed by atoms with van der Waals surface area (Å²) in [7, 11) is 1.41. The van der Waals surface area contributed by atoms with Crippen molar-refractivity contribution in [1.29, 1.82) is 0 Å². The van der Waals surface area contributed by atoms with Gasteiger partial charge in [-0.05, 0) is 73.2 Å². The smallest absolute Gasteiger partial charge is 0.337 e. The minimum Gasteiger partial charge on any atom is -0.465 e. The van der Waals surface area contributed by atoms with Crippen LogP contribution in [0.2, 0.25) is 5.02 Å². The number of alkyl halides is 1. The first-order chi connectivity index (χ1) is 15.5. The van der Waals surface area contributed by atoms with E-state index >= 15 is 0 Å². The van der Waals surface area contributed by atoms with Crippen LogP contribution < -0.4 is 4.90 Å². The van der Waals surface area contributed by atoms with Gasteiger partial charge < -0.3 is 9.64 Å². The zero-order chi connectivity index (χ0) is 22.5. The molecule has 6 heteroatoms. The van der Waals surface area contributed by atoms with Crippen molar-refractivity contribution < 1.29 is 9.53 Å². The molecule has 0 bridgehead atoms. The Labute approximate surface area is 204 Å². The Hall–Kier alpha value is -1.82. The summed E-state index contributed by atoms with van der Waals surface area (Å²) in [5.74, 6) is -0.301. The summed E-state index contributed by atoms with van der Waals surface area (Å²) in [6.45, 7) is 3.93. The van der Waals surface area contributed by atoms with Gasteiger partial charge >= 0.3 is 5.97 Å². The fourth-order valence-electron chi connectivity index (χ4n) is 4.72. The summed E-state index contributed by atoms with van der Waals surface area (Å²) < 4.78 is 4.80. The van der Waals surface area contributed by atoms with Gasteiger partial charge in [0.05, 0.1) is 17.6 Å². The van der Waals surface area contributed by atoms with Crippen molar-refractivity contribution in [3.63, 3.8) is 0 Å². The third-order valence-corrected chi connectivity index (χ3v) is 7.50. The number of hydrogen-bond donors (Lipinski definition) is 0. The fourth-order valence-corrected chi connectivity index (χ4v) is 5.70. The van der Waals surface area contributed by atoms with E-state index in [-0.39, 0.29) is 10.9 Å². The fraction of sp³-hybridized carbons (Fsp3) is 0.423. The summed E-state index contributed by atoms with van der Waals surface area (Å²) >= 11 is 10.0. The van der Waals surface area contributed by atoms with Crippen LogP contribution in [0.4, 0.5) is 5.69 Å². The van der Waals surface area contributed by atoms with Gasteiger partial charge in [0.2, 0.25) is 0 Å². The highest BCUT2D eigenvalue weighted by Crippen LogP contribution is 2.33. The maximum Gasteiger partial charge on any atom is 0.337 e. The van der Waals surface area contributed by atoms with Gasteiger partial charge in [0.25, 0.3) is 0 Å². The molecule has 4 nitrogen and oxygen atoms in total. The Morgan fingerprint density at radius 2 is 1.75 bits per heavy atom. The number of anilines is 1. The number of ether oxygens (including phenoxy) is 1. The van der Waals surface area contributed by atoms with Crippen LogP contribution in [0, 0.1) is 0 Å². The van der Waals surface area contributed by atoms with Gasteiger partial charge in [0.15, 0.2) is 0 Å². The Balaban J connectivity index is 1.45. The van der Waals surface area contributed by atoms with Crippen molar-refractivity contribution in [3.05, 3.63) is 70.3 Å². The molecular formula is C26H30BrClN2O2. The molecule has 2 aromatic rings. The highest BCUT2D eigenvalue weighted by molar-refractivity contribution is 9.09. The molecule has 0 unspecified atom stereocenters. The number of piperazine rings is 1. The third-order valence-electron chi connectivity index (χ3n) is 6.46. The average Bonchev–Trinajstić information content (AvgIpc) is 3.05. The number of allylic oxidation sites excluding steroid dienone is 1. The van der Waals surface area contributed by atoms with E-state index in [0.29, 0.717) is 5.56 Å². The lowest BCUT2D eigenvalue weighted by Crippen LogP contribution is -2.51. The van der Waals surface area contributed by atoms with Crippen LogP contribution in [0.15, 0.2) is 54.1 Å². The standard InChI is InChI=1S/C26H30BrClN2O2/c1-32-26(31)20-9-13-23(14-10-20)30-16-15-29(18-25(30)27)17-21-5-3-2-4-6-24(21)19-7-11-22(28)12-8-19/h7-14,25H,2-6,15-18H2,1H3/t25-/m1/s1. The maximum atomic E-state index is 11.7. The van der Waals surface area contributed by atoms with Gasteiger partial charge in [-0.3, -0.25) is 4.90 Å². The molecule has 170 valence electrons.